The number of anilines is 1. The van der Waals surface area contributed by atoms with Crippen molar-refractivity contribution >= 4 is 56.0 Å². The quantitative estimate of drug-likeness (QED) is 0.574. The van der Waals surface area contributed by atoms with Gasteiger partial charge in [-0.05, 0) is 59.0 Å². The summed E-state index contributed by atoms with van der Waals surface area (Å²) in [4.78, 5) is 2.45. The van der Waals surface area contributed by atoms with E-state index in [1.165, 1.54) is 13.4 Å². The average Bonchev–Trinajstić information content (AvgIpc) is 2.22. The SMILES string of the molecule is Nc1ccc(Sc2cccc(Br)c2)c(I)c1. The highest BCUT2D eigenvalue weighted by molar-refractivity contribution is 14.1. The molecule has 4 heteroatoms. The Kier molecular flexibility index (Phi) is 4.16. The lowest BCUT2D eigenvalue weighted by atomic mass is 10.3. The molecule has 0 aliphatic rings. The molecule has 0 fully saturated rings. The first-order valence-corrected chi connectivity index (χ1v) is 7.32. The smallest absolute Gasteiger partial charge is 0.0325 e. The van der Waals surface area contributed by atoms with Crippen molar-refractivity contribution in [2.75, 3.05) is 5.73 Å². The molecule has 2 aromatic rings. The lowest BCUT2D eigenvalue weighted by Crippen LogP contribution is -1.86. The molecule has 0 saturated carbocycles. The summed E-state index contributed by atoms with van der Waals surface area (Å²) in [5.74, 6) is 0. The van der Waals surface area contributed by atoms with Crippen molar-refractivity contribution in [3.63, 3.8) is 0 Å². The van der Waals surface area contributed by atoms with E-state index in [-0.39, 0.29) is 0 Å². The second-order valence-corrected chi connectivity index (χ2v) is 6.44. The summed E-state index contributed by atoms with van der Waals surface area (Å²) in [6, 6.07) is 14.2. The van der Waals surface area contributed by atoms with Crippen LogP contribution in [0.1, 0.15) is 0 Å². The summed E-state index contributed by atoms with van der Waals surface area (Å²) in [6.07, 6.45) is 0. The van der Waals surface area contributed by atoms with Gasteiger partial charge in [-0.1, -0.05) is 33.8 Å². The molecule has 0 amide bonds. The number of nitrogen functional groups attached to an aromatic ring is 1. The molecule has 0 unspecified atom stereocenters. The molecular formula is C12H9BrINS. The van der Waals surface area contributed by atoms with Gasteiger partial charge in [-0.3, -0.25) is 0 Å². The van der Waals surface area contributed by atoms with Gasteiger partial charge >= 0.3 is 0 Å². The van der Waals surface area contributed by atoms with Crippen LogP contribution in [-0.2, 0) is 0 Å². The zero-order valence-electron chi connectivity index (χ0n) is 8.28. The molecule has 0 saturated heterocycles. The standard InChI is InChI=1S/C12H9BrINS/c13-8-2-1-3-10(6-8)16-12-5-4-9(15)7-11(12)14/h1-7H,15H2. The van der Waals surface area contributed by atoms with Gasteiger partial charge in [0.15, 0.2) is 0 Å². The predicted octanol–water partition coefficient (Wildman–Crippen LogP) is 4.79. The van der Waals surface area contributed by atoms with Crippen LogP contribution < -0.4 is 5.73 Å². The highest BCUT2D eigenvalue weighted by atomic mass is 127. The number of hydrogen-bond acceptors (Lipinski definition) is 2. The predicted molar refractivity (Wildman–Crippen MR) is 81.8 cm³/mol. The average molecular weight is 406 g/mol. The zero-order chi connectivity index (χ0) is 11.5. The maximum absolute atomic E-state index is 5.72. The van der Waals surface area contributed by atoms with E-state index in [1.54, 1.807) is 11.8 Å². The summed E-state index contributed by atoms with van der Waals surface area (Å²) < 4.78 is 2.28. The van der Waals surface area contributed by atoms with Gasteiger partial charge in [0.1, 0.15) is 0 Å². The van der Waals surface area contributed by atoms with Crippen molar-refractivity contribution in [2.24, 2.45) is 0 Å². The third kappa shape index (κ3) is 3.15. The van der Waals surface area contributed by atoms with Gasteiger partial charge in [0.05, 0.1) is 0 Å². The summed E-state index contributed by atoms with van der Waals surface area (Å²) in [7, 11) is 0. The third-order valence-electron chi connectivity index (χ3n) is 1.98. The van der Waals surface area contributed by atoms with E-state index in [2.05, 4.69) is 56.7 Å². The molecule has 2 N–H and O–H groups in total. The van der Waals surface area contributed by atoms with Gasteiger partial charge in [-0.2, -0.15) is 0 Å². The largest absolute Gasteiger partial charge is 0.399 e. The number of halogens is 2. The topological polar surface area (TPSA) is 26.0 Å². The Labute approximate surface area is 121 Å². The Bertz CT molecular complexity index is 516. The molecule has 0 aliphatic heterocycles. The molecule has 0 heterocycles. The van der Waals surface area contributed by atoms with E-state index < -0.39 is 0 Å². The molecule has 2 aromatic carbocycles. The van der Waals surface area contributed by atoms with Crippen LogP contribution in [0.2, 0.25) is 0 Å². The van der Waals surface area contributed by atoms with Crippen LogP contribution >= 0.6 is 50.3 Å². The maximum atomic E-state index is 5.72. The van der Waals surface area contributed by atoms with Crippen molar-refractivity contribution < 1.29 is 0 Å². The Morgan fingerprint density at radius 1 is 1.12 bits per heavy atom. The number of hydrogen-bond donors (Lipinski definition) is 1. The molecule has 82 valence electrons. The van der Waals surface area contributed by atoms with Gasteiger partial charge in [0.25, 0.3) is 0 Å². The summed E-state index contributed by atoms with van der Waals surface area (Å²) in [5, 5.41) is 0. The summed E-state index contributed by atoms with van der Waals surface area (Å²) in [6.45, 7) is 0. The molecule has 16 heavy (non-hydrogen) atoms. The van der Waals surface area contributed by atoms with E-state index >= 15 is 0 Å². The van der Waals surface area contributed by atoms with E-state index in [0.717, 1.165) is 10.2 Å². The van der Waals surface area contributed by atoms with Crippen LogP contribution in [0.5, 0.6) is 0 Å². The normalized spacial score (nSPS) is 10.4. The Balaban J connectivity index is 2.27. The van der Waals surface area contributed by atoms with Crippen LogP contribution in [0.3, 0.4) is 0 Å². The Morgan fingerprint density at radius 3 is 2.62 bits per heavy atom. The molecule has 0 bridgehead atoms. The molecule has 0 radical (unpaired) electrons. The first-order valence-electron chi connectivity index (χ1n) is 4.63. The number of benzene rings is 2. The molecular weight excluding hydrogens is 397 g/mol. The van der Waals surface area contributed by atoms with Gasteiger partial charge in [-0.25, -0.2) is 0 Å². The highest BCUT2D eigenvalue weighted by Gasteiger charge is 2.03. The van der Waals surface area contributed by atoms with Crippen LogP contribution in [-0.4, -0.2) is 0 Å². The van der Waals surface area contributed by atoms with Crippen LogP contribution in [0.15, 0.2) is 56.7 Å². The van der Waals surface area contributed by atoms with Crippen molar-refractivity contribution in [3.8, 4) is 0 Å². The Hall–Kier alpha value is -0.200. The third-order valence-corrected chi connectivity index (χ3v) is 4.80. The second kappa shape index (κ2) is 5.42. The minimum absolute atomic E-state index is 0.808. The fourth-order valence-electron chi connectivity index (χ4n) is 1.26. The van der Waals surface area contributed by atoms with E-state index in [9.17, 15) is 0 Å². The maximum Gasteiger partial charge on any atom is 0.0325 e. The highest BCUT2D eigenvalue weighted by Crippen LogP contribution is 2.33. The zero-order valence-corrected chi connectivity index (χ0v) is 12.8. The van der Waals surface area contributed by atoms with Gasteiger partial charge in [-0.15, -0.1) is 0 Å². The van der Waals surface area contributed by atoms with E-state index in [1.807, 2.05) is 24.3 Å². The number of rotatable bonds is 2. The van der Waals surface area contributed by atoms with Crippen molar-refractivity contribution in [2.45, 2.75) is 9.79 Å². The molecule has 0 spiro atoms. The molecule has 2 rings (SSSR count). The fraction of sp³-hybridized carbons (Fsp3) is 0. The van der Waals surface area contributed by atoms with Gasteiger partial charge in [0, 0.05) is 23.5 Å². The second-order valence-electron chi connectivity index (χ2n) is 3.25. The molecule has 0 aliphatic carbocycles. The lowest BCUT2D eigenvalue weighted by Gasteiger charge is -2.05. The lowest BCUT2D eigenvalue weighted by molar-refractivity contribution is 1.36. The van der Waals surface area contributed by atoms with Crippen molar-refractivity contribution in [3.05, 3.63) is 50.5 Å². The molecule has 1 nitrogen and oxygen atoms in total. The van der Waals surface area contributed by atoms with Crippen LogP contribution in [0.4, 0.5) is 5.69 Å². The summed E-state index contributed by atoms with van der Waals surface area (Å²) in [5.41, 5.74) is 6.53. The first kappa shape index (κ1) is 12.3. The van der Waals surface area contributed by atoms with E-state index in [4.69, 9.17) is 5.73 Å². The van der Waals surface area contributed by atoms with Crippen molar-refractivity contribution in [1.29, 1.82) is 0 Å². The first-order chi connectivity index (χ1) is 7.65. The van der Waals surface area contributed by atoms with Crippen molar-refractivity contribution in [1.82, 2.24) is 0 Å². The van der Waals surface area contributed by atoms with Gasteiger partial charge < -0.3 is 5.73 Å². The van der Waals surface area contributed by atoms with Crippen LogP contribution in [0, 0.1) is 3.57 Å². The van der Waals surface area contributed by atoms with Gasteiger partial charge in [0.2, 0.25) is 0 Å². The fourth-order valence-corrected chi connectivity index (χ4v) is 3.56. The van der Waals surface area contributed by atoms with E-state index in [0.29, 0.717) is 0 Å². The monoisotopic (exact) mass is 405 g/mol. The summed E-state index contributed by atoms with van der Waals surface area (Å²) >= 11 is 7.52. The Morgan fingerprint density at radius 2 is 1.94 bits per heavy atom. The molecule has 0 aromatic heterocycles. The van der Waals surface area contributed by atoms with Crippen LogP contribution in [0.25, 0.3) is 0 Å². The minimum atomic E-state index is 0.808. The number of nitrogens with two attached hydrogens (primary N) is 1. The molecule has 0 atom stereocenters. The minimum Gasteiger partial charge on any atom is -0.399 e.